The first kappa shape index (κ1) is 20.1. The number of rotatable bonds is 5. The van der Waals surface area contributed by atoms with Crippen LogP contribution in [0, 0.1) is 5.92 Å². The van der Waals surface area contributed by atoms with Crippen LogP contribution >= 0.6 is 0 Å². The minimum atomic E-state index is -4.42. The molecule has 0 radical (unpaired) electrons. The van der Waals surface area contributed by atoms with E-state index in [1.165, 1.54) is 0 Å². The predicted octanol–water partition coefficient (Wildman–Crippen LogP) is 3.72. The van der Waals surface area contributed by atoms with Crippen LogP contribution in [0.4, 0.5) is 13.2 Å². The van der Waals surface area contributed by atoms with Gasteiger partial charge in [0.25, 0.3) is 0 Å². The largest absolute Gasteiger partial charge is 0.478 e. The Hall–Kier alpha value is -2.64. The molecule has 0 spiro atoms. The van der Waals surface area contributed by atoms with Crippen molar-refractivity contribution in [3.05, 3.63) is 41.6 Å². The molecular weight excluding hydrogens is 371 g/mol. The van der Waals surface area contributed by atoms with Crippen molar-refractivity contribution >= 4 is 5.91 Å². The van der Waals surface area contributed by atoms with Crippen LogP contribution in [0.25, 0.3) is 11.4 Å². The van der Waals surface area contributed by atoms with Crippen molar-refractivity contribution in [2.24, 2.45) is 5.92 Å². The molecule has 1 aromatic carbocycles. The molecule has 1 aliphatic rings. The number of nitrogens with zero attached hydrogens (tertiary/aromatic N) is 2. The first-order chi connectivity index (χ1) is 13.4. The van der Waals surface area contributed by atoms with Gasteiger partial charge in [0.2, 0.25) is 11.8 Å². The quantitative estimate of drug-likeness (QED) is 0.787. The second-order valence-corrected chi connectivity index (χ2v) is 6.68. The van der Waals surface area contributed by atoms with Gasteiger partial charge in [-0.1, -0.05) is 30.3 Å². The third-order valence-electron chi connectivity index (χ3n) is 4.67. The van der Waals surface area contributed by atoms with Crippen LogP contribution < -0.4 is 10.1 Å². The number of alkyl halides is 3. The molecule has 0 bridgehead atoms. The van der Waals surface area contributed by atoms with Gasteiger partial charge >= 0.3 is 6.18 Å². The van der Waals surface area contributed by atoms with Crippen molar-refractivity contribution in [2.45, 2.75) is 38.8 Å². The highest BCUT2D eigenvalue weighted by Gasteiger charge is 2.31. The summed E-state index contributed by atoms with van der Waals surface area (Å²) in [6, 6.07) is 9.50. The molecular formula is C20H22F3N3O2. The van der Waals surface area contributed by atoms with E-state index in [9.17, 15) is 18.0 Å². The molecule has 1 N–H and O–H groups in total. The summed E-state index contributed by atoms with van der Waals surface area (Å²) in [7, 11) is 0. The molecule has 1 heterocycles. The molecule has 1 atom stereocenters. The number of aromatic nitrogens is 2. The Morgan fingerprint density at radius 2 is 1.89 bits per heavy atom. The molecule has 3 rings (SSSR count). The van der Waals surface area contributed by atoms with Crippen molar-refractivity contribution in [3.63, 3.8) is 0 Å². The third kappa shape index (κ3) is 4.99. The number of aryl methyl sites for hydroxylation is 1. The number of benzene rings is 1. The Kier molecular flexibility index (Phi) is 6.16. The van der Waals surface area contributed by atoms with Gasteiger partial charge in [-0.25, -0.2) is 4.98 Å². The van der Waals surface area contributed by atoms with E-state index < -0.39 is 24.5 Å². The Balaban J connectivity index is 1.82. The second kappa shape index (κ2) is 8.58. The molecule has 0 saturated heterocycles. The summed E-state index contributed by atoms with van der Waals surface area (Å²) < 4.78 is 42.8. The van der Waals surface area contributed by atoms with Gasteiger partial charge in [0.05, 0.1) is 12.3 Å². The monoisotopic (exact) mass is 393 g/mol. The highest BCUT2D eigenvalue weighted by molar-refractivity contribution is 5.78. The van der Waals surface area contributed by atoms with Gasteiger partial charge in [-0.2, -0.15) is 18.2 Å². The average Bonchev–Trinajstić information content (AvgIpc) is 2.89. The van der Waals surface area contributed by atoms with Gasteiger partial charge in [0.1, 0.15) is 6.54 Å². The number of hydrogen-bond acceptors (Lipinski definition) is 4. The lowest BCUT2D eigenvalue weighted by Gasteiger charge is -2.15. The summed E-state index contributed by atoms with van der Waals surface area (Å²) in [5, 5.41) is 1.99. The molecule has 1 unspecified atom stereocenters. The van der Waals surface area contributed by atoms with Crippen LogP contribution in [0.2, 0.25) is 0 Å². The maximum atomic E-state index is 12.4. The molecule has 2 aromatic rings. The summed E-state index contributed by atoms with van der Waals surface area (Å²) in [5.41, 5.74) is 2.49. The van der Waals surface area contributed by atoms with Gasteiger partial charge in [-0.05, 0) is 32.6 Å². The maximum Gasteiger partial charge on any atom is 0.405 e. The average molecular weight is 393 g/mol. The molecule has 0 saturated carbocycles. The first-order valence-corrected chi connectivity index (χ1v) is 9.30. The van der Waals surface area contributed by atoms with E-state index >= 15 is 0 Å². The van der Waals surface area contributed by atoms with Gasteiger partial charge in [0, 0.05) is 17.0 Å². The summed E-state index contributed by atoms with van der Waals surface area (Å²) in [6.07, 6.45) is -2.56. The lowest BCUT2D eigenvalue weighted by molar-refractivity contribution is -0.141. The zero-order chi connectivity index (χ0) is 20.1. The number of carbonyl (C=O) groups excluding carboxylic acids is 1. The van der Waals surface area contributed by atoms with Crippen LogP contribution in [-0.4, -0.2) is 35.2 Å². The molecule has 150 valence electrons. The minimum absolute atomic E-state index is 0.435. The van der Waals surface area contributed by atoms with Gasteiger partial charge < -0.3 is 10.1 Å². The molecule has 8 heteroatoms. The lowest BCUT2D eigenvalue weighted by atomic mass is 9.99. The molecule has 1 aromatic heterocycles. The van der Waals surface area contributed by atoms with E-state index in [0.29, 0.717) is 44.0 Å². The van der Waals surface area contributed by atoms with Crippen molar-refractivity contribution < 1.29 is 22.7 Å². The third-order valence-corrected chi connectivity index (χ3v) is 4.67. The van der Waals surface area contributed by atoms with Crippen molar-refractivity contribution in [1.82, 2.24) is 15.3 Å². The van der Waals surface area contributed by atoms with E-state index in [1.807, 2.05) is 42.6 Å². The van der Waals surface area contributed by atoms with Gasteiger partial charge in [-0.15, -0.1) is 0 Å². The molecule has 0 aliphatic heterocycles. The lowest BCUT2D eigenvalue weighted by Crippen LogP contribution is -2.37. The molecule has 1 aliphatic carbocycles. The van der Waals surface area contributed by atoms with Crippen LogP contribution in [0.1, 0.15) is 31.0 Å². The number of amides is 1. The van der Waals surface area contributed by atoms with Crippen LogP contribution in [-0.2, 0) is 17.6 Å². The Morgan fingerprint density at radius 3 is 2.57 bits per heavy atom. The number of hydrogen-bond donors (Lipinski definition) is 1. The summed E-state index contributed by atoms with van der Waals surface area (Å²) >= 11 is 0. The van der Waals surface area contributed by atoms with E-state index in [1.54, 1.807) is 0 Å². The summed E-state index contributed by atoms with van der Waals surface area (Å²) in [6.45, 7) is 0.991. The fourth-order valence-electron chi connectivity index (χ4n) is 3.31. The van der Waals surface area contributed by atoms with Crippen molar-refractivity contribution in [3.8, 4) is 17.3 Å². The number of fused-ring (bicyclic) bond motifs is 1. The Morgan fingerprint density at radius 1 is 1.18 bits per heavy atom. The first-order valence-electron chi connectivity index (χ1n) is 9.30. The number of ether oxygens (including phenoxy) is 1. The number of nitrogens with one attached hydrogen (secondary N) is 1. The van der Waals surface area contributed by atoms with E-state index in [4.69, 9.17) is 4.74 Å². The van der Waals surface area contributed by atoms with Crippen LogP contribution in [0.15, 0.2) is 30.3 Å². The minimum Gasteiger partial charge on any atom is -0.478 e. The maximum absolute atomic E-state index is 12.4. The standard InChI is InChI=1S/C20H22F3N3O2/c1-2-28-19-15-10-8-14(18(27)24-12-20(21,22)23)9-11-16(15)25-17(26-19)13-6-4-3-5-7-13/h3-7,14H,2,8-12H2,1H3,(H,24,27). The summed E-state index contributed by atoms with van der Waals surface area (Å²) in [5.74, 6) is -0.0315. The molecule has 5 nitrogen and oxygen atoms in total. The SMILES string of the molecule is CCOc1nc(-c2ccccc2)nc2c1CCC(C(=O)NCC(F)(F)F)CC2. The zero-order valence-electron chi connectivity index (χ0n) is 15.6. The Labute approximate surface area is 161 Å². The second-order valence-electron chi connectivity index (χ2n) is 6.68. The molecule has 1 amide bonds. The molecule has 0 fully saturated rings. The van der Waals surface area contributed by atoms with Crippen molar-refractivity contribution in [1.29, 1.82) is 0 Å². The van der Waals surface area contributed by atoms with Crippen molar-refractivity contribution in [2.75, 3.05) is 13.2 Å². The molecule has 28 heavy (non-hydrogen) atoms. The fourth-order valence-corrected chi connectivity index (χ4v) is 3.31. The highest BCUT2D eigenvalue weighted by atomic mass is 19.4. The van der Waals surface area contributed by atoms with Gasteiger partial charge in [0.15, 0.2) is 5.82 Å². The summed E-state index contributed by atoms with van der Waals surface area (Å²) in [4.78, 5) is 21.4. The fraction of sp³-hybridized carbons (Fsp3) is 0.450. The smallest absolute Gasteiger partial charge is 0.405 e. The van der Waals surface area contributed by atoms with E-state index in [-0.39, 0.29) is 0 Å². The van der Waals surface area contributed by atoms with E-state index in [2.05, 4.69) is 9.97 Å². The number of halogens is 3. The highest BCUT2D eigenvalue weighted by Crippen LogP contribution is 2.31. The van der Waals surface area contributed by atoms with Gasteiger partial charge in [-0.3, -0.25) is 4.79 Å². The normalized spacial score (nSPS) is 16.8. The zero-order valence-corrected chi connectivity index (χ0v) is 15.6. The number of carbonyl (C=O) groups is 1. The Bertz CT molecular complexity index is 825. The predicted molar refractivity (Wildman–Crippen MR) is 97.8 cm³/mol. The van der Waals surface area contributed by atoms with Crippen LogP contribution in [0.3, 0.4) is 0 Å². The topological polar surface area (TPSA) is 64.1 Å². The van der Waals surface area contributed by atoms with Crippen LogP contribution in [0.5, 0.6) is 5.88 Å². The van der Waals surface area contributed by atoms with E-state index in [0.717, 1.165) is 16.8 Å².